The molecule has 0 spiro atoms. The van der Waals surface area contributed by atoms with Gasteiger partial charge in [-0.2, -0.15) is 0 Å². The predicted octanol–water partition coefficient (Wildman–Crippen LogP) is 1.18. The Balaban J connectivity index is 2.26. The number of anilines is 1. The highest BCUT2D eigenvalue weighted by Crippen LogP contribution is 2.28. The van der Waals surface area contributed by atoms with Crippen molar-refractivity contribution >= 4 is 23.2 Å². The second-order valence-electron chi connectivity index (χ2n) is 3.85. The summed E-state index contributed by atoms with van der Waals surface area (Å²) in [5.41, 5.74) is 0.861. The molecule has 1 aliphatic heterocycles. The molecule has 5 heteroatoms. The fraction of sp³-hybridized carbons (Fsp3) is 0.250. The molecule has 0 unspecified atom stereocenters. The molecule has 5 nitrogen and oxygen atoms in total. The first-order chi connectivity index (χ1) is 8.06. The van der Waals surface area contributed by atoms with Gasteiger partial charge in [0, 0.05) is 5.56 Å². The molecule has 0 atom stereocenters. The monoisotopic (exact) mass is 233 g/mol. The van der Waals surface area contributed by atoms with Crippen LogP contribution in [-0.2, 0) is 9.59 Å². The standard InChI is InChI=1S/C12H11NO4/c1-7(14)4-10(15)8-2-3-11-9(5-8)13-12(16)6-17-11/h2-3,5H,4,6H2,1H3,(H,13,16). The van der Waals surface area contributed by atoms with Crippen LogP contribution in [0, 0.1) is 0 Å². The Kier molecular flexibility index (Phi) is 2.91. The van der Waals surface area contributed by atoms with Crippen LogP contribution in [0.5, 0.6) is 5.75 Å². The predicted molar refractivity (Wildman–Crippen MR) is 60.2 cm³/mol. The van der Waals surface area contributed by atoms with Gasteiger partial charge < -0.3 is 10.1 Å². The van der Waals surface area contributed by atoms with E-state index in [0.29, 0.717) is 17.0 Å². The molecule has 1 heterocycles. The van der Waals surface area contributed by atoms with Crippen molar-refractivity contribution in [3.63, 3.8) is 0 Å². The fourth-order valence-corrected chi connectivity index (χ4v) is 1.58. The lowest BCUT2D eigenvalue weighted by Crippen LogP contribution is -2.25. The van der Waals surface area contributed by atoms with E-state index in [4.69, 9.17) is 4.74 Å². The largest absolute Gasteiger partial charge is 0.482 e. The topological polar surface area (TPSA) is 72.5 Å². The van der Waals surface area contributed by atoms with Crippen molar-refractivity contribution in [2.24, 2.45) is 0 Å². The van der Waals surface area contributed by atoms with Crippen molar-refractivity contribution < 1.29 is 19.1 Å². The molecular formula is C12H11NO4. The fourth-order valence-electron chi connectivity index (χ4n) is 1.58. The van der Waals surface area contributed by atoms with E-state index >= 15 is 0 Å². The van der Waals surface area contributed by atoms with Crippen LogP contribution in [-0.4, -0.2) is 24.1 Å². The van der Waals surface area contributed by atoms with Gasteiger partial charge in [0.2, 0.25) is 0 Å². The number of hydrogen-bond acceptors (Lipinski definition) is 4. The van der Waals surface area contributed by atoms with Gasteiger partial charge in [-0.05, 0) is 25.1 Å². The van der Waals surface area contributed by atoms with E-state index in [0.717, 1.165) is 0 Å². The second kappa shape index (κ2) is 4.37. The van der Waals surface area contributed by atoms with Crippen molar-refractivity contribution in [2.75, 3.05) is 11.9 Å². The maximum atomic E-state index is 11.6. The summed E-state index contributed by atoms with van der Waals surface area (Å²) in [5.74, 6) is -0.175. The summed E-state index contributed by atoms with van der Waals surface area (Å²) in [7, 11) is 0. The number of fused-ring (bicyclic) bond motifs is 1. The van der Waals surface area contributed by atoms with Crippen LogP contribution in [0.25, 0.3) is 0 Å². The first-order valence-corrected chi connectivity index (χ1v) is 5.15. The molecule has 1 aliphatic rings. The molecule has 0 saturated heterocycles. The van der Waals surface area contributed by atoms with Gasteiger partial charge in [0.05, 0.1) is 12.1 Å². The third-order valence-electron chi connectivity index (χ3n) is 2.34. The van der Waals surface area contributed by atoms with E-state index in [-0.39, 0.29) is 30.5 Å². The number of amides is 1. The van der Waals surface area contributed by atoms with E-state index in [1.807, 2.05) is 0 Å². The molecule has 1 amide bonds. The Morgan fingerprint density at radius 2 is 2.18 bits per heavy atom. The van der Waals surface area contributed by atoms with Crippen molar-refractivity contribution in [1.82, 2.24) is 0 Å². The Hall–Kier alpha value is -2.17. The molecule has 17 heavy (non-hydrogen) atoms. The van der Waals surface area contributed by atoms with Crippen molar-refractivity contribution in [3.05, 3.63) is 23.8 Å². The molecule has 0 radical (unpaired) electrons. The van der Waals surface area contributed by atoms with Gasteiger partial charge in [0.1, 0.15) is 11.5 Å². The molecule has 2 rings (SSSR count). The summed E-state index contributed by atoms with van der Waals surface area (Å²) >= 11 is 0. The van der Waals surface area contributed by atoms with Crippen molar-refractivity contribution in [1.29, 1.82) is 0 Å². The van der Waals surface area contributed by atoms with Gasteiger partial charge >= 0.3 is 0 Å². The summed E-state index contributed by atoms with van der Waals surface area (Å²) in [5, 5.41) is 2.61. The highest BCUT2D eigenvalue weighted by molar-refractivity contribution is 6.08. The number of carbonyl (C=O) groups excluding carboxylic acids is 3. The van der Waals surface area contributed by atoms with Gasteiger partial charge in [-0.25, -0.2) is 0 Å². The minimum absolute atomic E-state index is 0.0201. The van der Waals surface area contributed by atoms with Crippen LogP contribution in [0.2, 0.25) is 0 Å². The molecule has 1 N–H and O–H groups in total. The van der Waals surface area contributed by atoms with Gasteiger partial charge in [0.25, 0.3) is 5.91 Å². The first-order valence-electron chi connectivity index (χ1n) is 5.15. The maximum absolute atomic E-state index is 11.6. The van der Waals surface area contributed by atoms with E-state index < -0.39 is 0 Å². The Morgan fingerprint density at radius 3 is 2.88 bits per heavy atom. The summed E-state index contributed by atoms with van der Waals surface area (Å²) < 4.78 is 5.16. The lowest BCUT2D eigenvalue weighted by Gasteiger charge is -2.18. The summed E-state index contributed by atoms with van der Waals surface area (Å²) in [6, 6.07) is 4.72. The Labute approximate surface area is 97.8 Å². The third-order valence-corrected chi connectivity index (χ3v) is 2.34. The Morgan fingerprint density at radius 1 is 1.41 bits per heavy atom. The molecule has 0 bridgehead atoms. The minimum atomic E-state index is -0.264. The number of Topliss-reactive ketones (excluding diaryl/α,β-unsaturated/α-hetero) is 2. The number of benzene rings is 1. The van der Waals surface area contributed by atoms with Gasteiger partial charge in [0.15, 0.2) is 12.4 Å². The van der Waals surface area contributed by atoms with Gasteiger partial charge in [-0.1, -0.05) is 0 Å². The van der Waals surface area contributed by atoms with E-state index in [9.17, 15) is 14.4 Å². The van der Waals surface area contributed by atoms with Crippen LogP contribution < -0.4 is 10.1 Å². The zero-order valence-corrected chi connectivity index (χ0v) is 9.28. The smallest absolute Gasteiger partial charge is 0.262 e. The SMILES string of the molecule is CC(=O)CC(=O)c1ccc2c(c1)NC(=O)CO2. The normalized spacial score (nSPS) is 13.4. The van der Waals surface area contributed by atoms with Crippen LogP contribution in [0.15, 0.2) is 18.2 Å². The number of rotatable bonds is 3. The minimum Gasteiger partial charge on any atom is -0.482 e. The average Bonchev–Trinajstić information content (AvgIpc) is 2.27. The van der Waals surface area contributed by atoms with Crippen molar-refractivity contribution in [2.45, 2.75) is 13.3 Å². The average molecular weight is 233 g/mol. The summed E-state index contributed by atoms with van der Waals surface area (Å²) in [4.78, 5) is 33.6. The number of ether oxygens (including phenoxy) is 1. The lowest BCUT2D eigenvalue weighted by atomic mass is 10.1. The molecule has 0 aliphatic carbocycles. The lowest BCUT2D eigenvalue weighted by molar-refractivity contribution is -0.118. The number of ketones is 2. The third kappa shape index (κ3) is 2.50. The quantitative estimate of drug-likeness (QED) is 0.628. The molecular weight excluding hydrogens is 222 g/mol. The summed E-state index contributed by atoms with van der Waals surface area (Å²) in [6.45, 7) is 1.34. The molecule has 0 fully saturated rings. The molecule has 0 aromatic heterocycles. The highest BCUT2D eigenvalue weighted by Gasteiger charge is 2.18. The van der Waals surface area contributed by atoms with Crippen LogP contribution in [0.3, 0.4) is 0 Å². The highest BCUT2D eigenvalue weighted by atomic mass is 16.5. The number of hydrogen-bond donors (Lipinski definition) is 1. The summed E-state index contributed by atoms with van der Waals surface area (Å²) in [6.07, 6.45) is -0.131. The van der Waals surface area contributed by atoms with Crippen LogP contribution >= 0.6 is 0 Å². The van der Waals surface area contributed by atoms with Crippen molar-refractivity contribution in [3.8, 4) is 5.75 Å². The number of carbonyl (C=O) groups is 3. The first kappa shape index (κ1) is 11.3. The van der Waals surface area contributed by atoms with Crippen LogP contribution in [0.4, 0.5) is 5.69 Å². The zero-order chi connectivity index (χ0) is 12.4. The number of nitrogens with one attached hydrogen (secondary N) is 1. The van der Waals surface area contributed by atoms with Gasteiger partial charge in [-0.3, -0.25) is 14.4 Å². The Bertz CT molecular complexity index is 507. The second-order valence-corrected chi connectivity index (χ2v) is 3.85. The van der Waals surface area contributed by atoms with Crippen LogP contribution in [0.1, 0.15) is 23.7 Å². The van der Waals surface area contributed by atoms with E-state index in [2.05, 4.69) is 5.32 Å². The molecule has 1 aromatic rings. The van der Waals surface area contributed by atoms with E-state index in [1.54, 1.807) is 12.1 Å². The molecule has 88 valence electrons. The molecule has 0 saturated carbocycles. The maximum Gasteiger partial charge on any atom is 0.262 e. The van der Waals surface area contributed by atoms with E-state index in [1.165, 1.54) is 13.0 Å². The zero-order valence-electron chi connectivity index (χ0n) is 9.28. The van der Waals surface area contributed by atoms with Gasteiger partial charge in [-0.15, -0.1) is 0 Å². The molecule has 1 aromatic carbocycles.